The van der Waals surface area contributed by atoms with Crippen LogP contribution < -0.4 is 5.32 Å². The summed E-state index contributed by atoms with van der Waals surface area (Å²) < 4.78 is 7.34. The van der Waals surface area contributed by atoms with Crippen LogP contribution in [0.3, 0.4) is 0 Å². The van der Waals surface area contributed by atoms with Crippen molar-refractivity contribution in [1.82, 2.24) is 14.7 Å². The summed E-state index contributed by atoms with van der Waals surface area (Å²) in [5.74, 6) is 0.419. The van der Waals surface area contributed by atoms with Crippen LogP contribution in [0.5, 0.6) is 0 Å². The standard InChI is InChI=1S/C29H37ClN4O3/c1-21(2)15-16-33(28(36)20-37-19-22-9-7-6-8-10-22)18-27(35)31-26-17-25(29(3,4)5)32-34(26)24-13-11-23(30)12-14-24/h6-14,17,21H,15-16,18-20H2,1-5H3,(H,31,35). The van der Waals surface area contributed by atoms with Gasteiger partial charge in [-0.05, 0) is 42.2 Å². The summed E-state index contributed by atoms with van der Waals surface area (Å²) in [7, 11) is 0. The SMILES string of the molecule is CC(C)CCN(CC(=O)Nc1cc(C(C)(C)C)nn1-c1ccc(Cl)cc1)C(=O)COCc1ccccc1. The number of halogens is 1. The van der Waals surface area contributed by atoms with E-state index in [0.717, 1.165) is 23.4 Å². The highest BCUT2D eigenvalue weighted by molar-refractivity contribution is 6.30. The number of rotatable bonds is 11. The normalized spacial score (nSPS) is 11.5. The minimum absolute atomic E-state index is 0.0725. The first-order valence-corrected chi connectivity index (χ1v) is 13.0. The lowest BCUT2D eigenvalue weighted by atomic mass is 9.92. The summed E-state index contributed by atoms with van der Waals surface area (Å²) >= 11 is 6.06. The maximum absolute atomic E-state index is 13.2. The number of anilines is 1. The van der Waals surface area contributed by atoms with Gasteiger partial charge in [-0.15, -0.1) is 0 Å². The van der Waals surface area contributed by atoms with Gasteiger partial charge in [0.25, 0.3) is 0 Å². The topological polar surface area (TPSA) is 76.5 Å². The third-order valence-electron chi connectivity index (χ3n) is 5.82. The van der Waals surface area contributed by atoms with E-state index in [4.69, 9.17) is 21.4 Å². The van der Waals surface area contributed by atoms with Crippen molar-refractivity contribution in [2.24, 2.45) is 5.92 Å². The smallest absolute Gasteiger partial charge is 0.249 e. The molecule has 0 bridgehead atoms. The summed E-state index contributed by atoms with van der Waals surface area (Å²) in [5.41, 5.74) is 2.39. The van der Waals surface area contributed by atoms with Gasteiger partial charge < -0.3 is 15.0 Å². The van der Waals surface area contributed by atoms with E-state index in [9.17, 15) is 9.59 Å². The molecule has 2 amide bonds. The molecule has 0 aliphatic rings. The van der Waals surface area contributed by atoms with E-state index in [2.05, 4.69) is 39.9 Å². The van der Waals surface area contributed by atoms with E-state index < -0.39 is 0 Å². The maximum Gasteiger partial charge on any atom is 0.249 e. The molecule has 1 N–H and O–H groups in total. The molecule has 0 radical (unpaired) electrons. The maximum atomic E-state index is 13.2. The van der Waals surface area contributed by atoms with Gasteiger partial charge in [0.1, 0.15) is 12.4 Å². The van der Waals surface area contributed by atoms with E-state index in [1.54, 1.807) is 21.7 Å². The zero-order valence-corrected chi connectivity index (χ0v) is 23.1. The Morgan fingerprint density at radius 3 is 2.38 bits per heavy atom. The average molecular weight is 525 g/mol. The summed E-state index contributed by atoms with van der Waals surface area (Å²) in [5, 5.41) is 8.32. The minimum Gasteiger partial charge on any atom is -0.367 e. The molecular weight excluding hydrogens is 488 g/mol. The number of nitrogens with one attached hydrogen (secondary N) is 1. The highest BCUT2D eigenvalue weighted by Crippen LogP contribution is 2.27. The molecule has 37 heavy (non-hydrogen) atoms. The summed E-state index contributed by atoms with van der Waals surface area (Å²) in [4.78, 5) is 27.7. The van der Waals surface area contributed by atoms with Crippen molar-refractivity contribution in [2.45, 2.75) is 53.1 Å². The van der Waals surface area contributed by atoms with Crippen molar-refractivity contribution in [3.8, 4) is 5.69 Å². The van der Waals surface area contributed by atoms with Crippen molar-refractivity contribution < 1.29 is 14.3 Å². The average Bonchev–Trinajstić information content (AvgIpc) is 3.27. The Bertz CT molecular complexity index is 1170. The predicted octanol–water partition coefficient (Wildman–Crippen LogP) is 5.85. The van der Waals surface area contributed by atoms with E-state index in [0.29, 0.717) is 29.9 Å². The second kappa shape index (κ2) is 12.9. The number of carbonyl (C=O) groups excluding carboxylic acids is 2. The molecule has 0 aliphatic carbocycles. The second-order valence-corrected chi connectivity index (χ2v) is 11.0. The van der Waals surface area contributed by atoms with Crippen LogP contribution in [0.15, 0.2) is 60.7 Å². The number of amides is 2. The van der Waals surface area contributed by atoms with E-state index in [-0.39, 0.29) is 30.4 Å². The lowest BCUT2D eigenvalue weighted by molar-refractivity contribution is -0.139. The van der Waals surface area contributed by atoms with Crippen molar-refractivity contribution in [3.05, 3.63) is 76.9 Å². The highest BCUT2D eigenvalue weighted by atomic mass is 35.5. The Balaban J connectivity index is 1.72. The first-order valence-electron chi connectivity index (χ1n) is 12.6. The van der Waals surface area contributed by atoms with Crippen molar-refractivity contribution in [3.63, 3.8) is 0 Å². The van der Waals surface area contributed by atoms with Gasteiger partial charge in [-0.2, -0.15) is 5.10 Å². The van der Waals surface area contributed by atoms with Crippen LogP contribution in [0, 0.1) is 5.92 Å². The molecule has 3 rings (SSSR count). The van der Waals surface area contributed by atoms with Crippen LogP contribution in [0.25, 0.3) is 5.69 Å². The number of nitrogens with zero attached hydrogens (tertiary/aromatic N) is 3. The van der Waals surface area contributed by atoms with Crippen molar-refractivity contribution in [2.75, 3.05) is 25.0 Å². The molecule has 2 aromatic carbocycles. The number of carbonyl (C=O) groups is 2. The van der Waals surface area contributed by atoms with E-state index in [1.807, 2.05) is 48.5 Å². The molecular formula is C29H37ClN4O3. The van der Waals surface area contributed by atoms with Gasteiger partial charge >= 0.3 is 0 Å². The molecule has 7 nitrogen and oxygen atoms in total. The van der Waals surface area contributed by atoms with Crippen LogP contribution in [-0.2, 0) is 26.3 Å². The van der Waals surface area contributed by atoms with Crippen LogP contribution in [-0.4, -0.2) is 46.2 Å². The van der Waals surface area contributed by atoms with Gasteiger partial charge in [0.05, 0.1) is 24.5 Å². The van der Waals surface area contributed by atoms with Gasteiger partial charge in [-0.1, -0.05) is 76.6 Å². The quantitative estimate of drug-likeness (QED) is 0.341. The molecule has 1 aromatic heterocycles. The zero-order valence-electron chi connectivity index (χ0n) is 22.3. The Labute approximate surface area is 224 Å². The number of hydrogen-bond acceptors (Lipinski definition) is 4. The third-order valence-corrected chi connectivity index (χ3v) is 6.07. The summed E-state index contributed by atoms with van der Waals surface area (Å²) in [6.07, 6.45) is 0.786. The Morgan fingerprint density at radius 2 is 1.76 bits per heavy atom. The molecule has 1 heterocycles. The molecule has 0 aliphatic heterocycles. The first kappa shape index (κ1) is 28.4. The second-order valence-electron chi connectivity index (χ2n) is 10.6. The third kappa shape index (κ3) is 8.72. The Morgan fingerprint density at radius 1 is 1.08 bits per heavy atom. The summed E-state index contributed by atoms with van der Waals surface area (Å²) in [6, 6.07) is 18.8. The largest absolute Gasteiger partial charge is 0.367 e. The minimum atomic E-state index is -0.296. The molecule has 0 fully saturated rings. The molecule has 3 aromatic rings. The lowest BCUT2D eigenvalue weighted by Gasteiger charge is -2.23. The summed E-state index contributed by atoms with van der Waals surface area (Å²) in [6.45, 7) is 11.0. The molecule has 0 saturated carbocycles. The molecule has 8 heteroatoms. The van der Waals surface area contributed by atoms with Crippen molar-refractivity contribution in [1.29, 1.82) is 0 Å². The fourth-order valence-corrected chi connectivity index (χ4v) is 3.73. The highest BCUT2D eigenvalue weighted by Gasteiger charge is 2.23. The van der Waals surface area contributed by atoms with Crippen LogP contribution in [0.4, 0.5) is 5.82 Å². The molecule has 0 spiro atoms. The molecule has 0 saturated heterocycles. The monoisotopic (exact) mass is 524 g/mol. The number of ether oxygens (including phenoxy) is 1. The first-order chi connectivity index (χ1) is 17.5. The molecule has 0 atom stereocenters. The lowest BCUT2D eigenvalue weighted by Crippen LogP contribution is -2.41. The van der Waals surface area contributed by atoms with Gasteiger partial charge in [0.15, 0.2) is 0 Å². The van der Waals surface area contributed by atoms with Gasteiger partial charge in [0.2, 0.25) is 11.8 Å². The van der Waals surface area contributed by atoms with Crippen LogP contribution >= 0.6 is 11.6 Å². The molecule has 198 valence electrons. The zero-order chi connectivity index (χ0) is 27.0. The Kier molecular flexibility index (Phi) is 9.89. The predicted molar refractivity (Wildman–Crippen MR) is 148 cm³/mol. The van der Waals surface area contributed by atoms with Crippen LogP contribution in [0.2, 0.25) is 5.02 Å². The fraction of sp³-hybridized carbons (Fsp3) is 0.414. The van der Waals surface area contributed by atoms with Gasteiger partial charge in [0, 0.05) is 23.0 Å². The number of hydrogen-bond donors (Lipinski definition) is 1. The number of aromatic nitrogens is 2. The molecule has 0 unspecified atom stereocenters. The van der Waals surface area contributed by atoms with Crippen molar-refractivity contribution >= 4 is 29.2 Å². The Hall–Kier alpha value is -3.16. The number of benzene rings is 2. The van der Waals surface area contributed by atoms with Gasteiger partial charge in [-0.3, -0.25) is 9.59 Å². The van der Waals surface area contributed by atoms with Gasteiger partial charge in [-0.25, -0.2) is 4.68 Å². The van der Waals surface area contributed by atoms with E-state index in [1.165, 1.54) is 0 Å². The van der Waals surface area contributed by atoms with Crippen LogP contribution in [0.1, 0.15) is 52.3 Å². The fourth-order valence-electron chi connectivity index (χ4n) is 3.60. The van der Waals surface area contributed by atoms with E-state index >= 15 is 0 Å².